The van der Waals surface area contributed by atoms with E-state index in [9.17, 15) is 0 Å². The average Bonchev–Trinajstić information content (AvgIpc) is 2.81. The van der Waals surface area contributed by atoms with Gasteiger partial charge in [0.05, 0.1) is 18.0 Å². The highest BCUT2D eigenvalue weighted by molar-refractivity contribution is 5.48. The highest BCUT2D eigenvalue weighted by Crippen LogP contribution is 2.26. The summed E-state index contributed by atoms with van der Waals surface area (Å²) in [6, 6.07) is 0. The van der Waals surface area contributed by atoms with Gasteiger partial charge in [-0.05, 0) is 20.3 Å². The van der Waals surface area contributed by atoms with Crippen LogP contribution in [0.2, 0.25) is 0 Å². The molecule has 0 saturated carbocycles. The molecule has 0 spiro atoms. The van der Waals surface area contributed by atoms with E-state index >= 15 is 0 Å². The van der Waals surface area contributed by atoms with E-state index in [1.807, 2.05) is 31.8 Å². The summed E-state index contributed by atoms with van der Waals surface area (Å²) in [5.41, 5.74) is 0.886. The van der Waals surface area contributed by atoms with Crippen LogP contribution in [0.25, 0.3) is 0 Å². The van der Waals surface area contributed by atoms with E-state index in [0.717, 1.165) is 24.3 Å². The molecule has 0 radical (unpaired) electrons. The molecule has 1 N–H and O–H groups in total. The van der Waals surface area contributed by atoms with E-state index < -0.39 is 0 Å². The molecule has 0 atom stereocenters. The molecule has 0 fully saturated rings. The van der Waals surface area contributed by atoms with E-state index in [-0.39, 0.29) is 0 Å². The Hall–Kier alpha value is -2.11. The topological polar surface area (TPSA) is 64.9 Å². The number of hydrogen-bond donors (Lipinski definition) is 1. The van der Waals surface area contributed by atoms with E-state index in [2.05, 4.69) is 27.3 Å². The summed E-state index contributed by atoms with van der Waals surface area (Å²) < 4.78 is 7.64. The van der Waals surface area contributed by atoms with Crippen LogP contribution in [-0.4, -0.2) is 26.8 Å². The van der Waals surface area contributed by atoms with Crippen molar-refractivity contribution in [3.8, 4) is 11.6 Å². The molecule has 0 aliphatic rings. The fourth-order valence-electron chi connectivity index (χ4n) is 1.81. The first-order valence-corrected chi connectivity index (χ1v) is 6.37. The second kappa shape index (κ2) is 5.69. The van der Waals surface area contributed by atoms with E-state index in [4.69, 9.17) is 4.74 Å². The average molecular weight is 261 g/mol. The van der Waals surface area contributed by atoms with Gasteiger partial charge in [-0.2, -0.15) is 10.1 Å². The number of nitrogens with one attached hydrogen (secondary N) is 1. The lowest BCUT2D eigenvalue weighted by Crippen LogP contribution is -2.02. The Morgan fingerprint density at radius 3 is 2.79 bits per heavy atom. The molecular weight excluding hydrogens is 242 g/mol. The van der Waals surface area contributed by atoms with Gasteiger partial charge in [-0.25, -0.2) is 4.98 Å². The third-order valence-corrected chi connectivity index (χ3v) is 2.73. The van der Waals surface area contributed by atoms with Crippen molar-refractivity contribution >= 4 is 5.82 Å². The van der Waals surface area contributed by atoms with Crippen LogP contribution in [0.1, 0.15) is 24.7 Å². The van der Waals surface area contributed by atoms with Gasteiger partial charge >= 0.3 is 0 Å². The summed E-state index contributed by atoms with van der Waals surface area (Å²) in [7, 11) is 1.83. The molecule has 0 amide bonds. The second-order valence-electron chi connectivity index (χ2n) is 4.34. The maximum absolute atomic E-state index is 5.79. The van der Waals surface area contributed by atoms with Crippen molar-refractivity contribution in [2.45, 2.75) is 33.7 Å². The largest absolute Gasteiger partial charge is 0.435 e. The number of nitrogens with zero attached hydrogens (tertiary/aromatic N) is 4. The fourth-order valence-corrected chi connectivity index (χ4v) is 1.81. The minimum Gasteiger partial charge on any atom is -0.435 e. The van der Waals surface area contributed by atoms with Crippen LogP contribution in [0.3, 0.4) is 0 Å². The molecule has 2 aromatic heterocycles. The van der Waals surface area contributed by atoms with Gasteiger partial charge in [0.1, 0.15) is 11.6 Å². The van der Waals surface area contributed by atoms with Gasteiger partial charge in [0.15, 0.2) is 5.75 Å². The smallest absolute Gasteiger partial charge is 0.227 e. The van der Waals surface area contributed by atoms with Crippen molar-refractivity contribution in [2.75, 3.05) is 12.4 Å². The Balaban J connectivity index is 2.24. The summed E-state index contributed by atoms with van der Waals surface area (Å²) in [6.45, 7) is 6.76. The number of anilines is 1. The SMILES string of the molecule is CCCn1cc(Oc2nc(C)nc(NC)c2C)cn1. The van der Waals surface area contributed by atoms with Gasteiger partial charge in [0.2, 0.25) is 5.88 Å². The standard InChI is InChI=1S/C13H19N5O/c1-5-6-18-8-11(7-15-18)19-13-9(2)12(14-4)16-10(3)17-13/h7-8H,5-6H2,1-4H3,(H,14,16,17). The molecule has 19 heavy (non-hydrogen) atoms. The van der Waals surface area contributed by atoms with Crippen molar-refractivity contribution in [2.24, 2.45) is 0 Å². The van der Waals surface area contributed by atoms with Crippen LogP contribution < -0.4 is 10.1 Å². The van der Waals surface area contributed by atoms with Crippen LogP contribution >= 0.6 is 0 Å². The highest BCUT2D eigenvalue weighted by atomic mass is 16.5. The van der Waals surface area contributed by atoms with E-state index in [1.54, 1.807) is 6.20 Å². The molecule has 6 nitrogen and oxygen atoms in total. The molecule has 2 aromatic rings. The number of hydrogen-bond acceptors (Lipinski definition) is 5. The lowest BCUT2D eigenvalue weighted by atomic mass is 10.3. The fraction of sp³-hybridized carbons (Fsp3) is 0.462. The normalized spacial score (nSPS) is 10.5. The maximum atomic E-state index is 5.79. The molecule has 0 aliphatic heterocycles. The number of rotatable bonds is 5. The quantitative estimate of drug-likeness (QED) is 0.896. The lowest BCUT2D eigenvalue weighted by Gasteiger charge is -2.10. The van der Waals surface area contributed by atoms with Crippen molar-refractivity contribution < 1.29 is 4.74 Å². The maximum Gasteiger partial charge on any atom is 0.227 e. The van der Waals surface area contributed by atoms with E-state index in [1.165, 1.54) is 0 Å². The van der Waals surface area contributed by atoms with Crippen molar-refractivity contribution in [3.63, 3.8) is 0 Å². The monoisotopic (exact) mass is 261 g/mol. The Morgan fingerprint density at radius 2 is 2.11 bits per heavy atom. The van der Waals surface area contributed by atoms with Crippen molar-refractivity contribution in [1.82, 2.24) is 19.7 Å². The second-order valence-corrected chi connectivity index (χ2v) is 4.34. The Bertz CT molecular complexity index is 564. The minimum absolute atomic E-state index is 0.563. The summed E-state index contributed by atoms with van der Waals surface area (Å²) in [6.07, 6.45) is 4.61. The van der Waals surface area contributed by atoms with Gasteiger partial charge in [0, 0.05) is 13.6 Å². The summed E-state index contributed by atoms with van der Waals surface area (Å²) >= 11 is 0. The first-order valence-electron chi connectivity index (χ1n) is 6.37. The molecule has 2 heterocycles. The lowest BCUT2D eigenvalue weighted by molar-refractivity contribution is 0.454. The summed E-state index contributed by atoms with van der Waals surface area (Å²) in [5, 5.41) is 7.27. The van der Waals surface area contributed by atoms with Gasteiger partial charge < -0.3 is 10.1 Å². The molecule has 6 heteroatoms. The Morgan fingerprint density at radius 1 is 1.32 bits per heavy atom. The zero-order valence-electron chi connectivity index (χ0n) is 11.8. The zero-order chi connectivity index (χ0) is 13.8. The molecule has 0 aliphatic carbocycles. The minimum atomic E-state index is 0.563. The van der Waals surface area contributed by atoms with Gasteiger partial charge in [-0.3, -0.25) is 4.68 Å². The van der Waals surface area contributed by atoms with Crippen LogP contribution in [0.5, 0.6) is 11.6 Å². The predicted molar refractivity (Wildman–Crippen MR) is 73.6 cm³/mol. The molecule has 0 saturated heterocycles. The summed E-state index contributed by atoms with van der Waals surface area (Å²) in [5.74, 6) is 2.71. The van der Waals surface area contributed by atoms with Crippen LogP contribution in [-0.2, 0) is 6.54 Å². The third-order valence-electron chi connectivity index (χ3n) is 2.73. The molecule has 2 rings (SSSR count). The number of ether oxygens (including phenoxy) is 1. The molecule has 0 bridgehead atoms. The van der Waals surface area contributed by atoms with Crippen LogP contribution in [0.4, 0.5) is 5.82 Å². The zero-order valence-corrected chi connectivity index (χ0v) is 11.8. The predicted octanol–water partition coefficient (Wildman–Crippen LogP) is 2.53. The van der Waals surface area contributed by atoms with Crippen LogP contribution in [0.15, 0.2) is 12.4 Å². The van der Waals surface area contributed by atoms with E-state index in [0.29, 0.717) is 17.5 Å². The number of aryl methyl sites for hydroxylation is 2. The third kappa shape index (κ3) is 3.01. The first-order chi connectivity index (χ1) is 9.13. The molecule has 0 unspecified atom stereocenters. The highest BCUT2D eigenvalue weighted by Gasteiger charge is 2.11. The van der Waals surface area contributed by atoms with Gasteiger partial charge in [-0.15, -0.1) is 0 Å². The van der Waals surface area contributed by atoms with Crippen LogP contribution in [0, 0.1) is 13.8 Å². The molecule has 0 aromatic carbocycles. The van der Waals surface area contributed by atoms with Crippen molar-refractivity contribution in [1.29, 1.82) is 0 Å². The molecule has 102 valence electrons. The van der Waals surface area contributed by atoms with Gasteiger partial charge in [-0.1, -0.05) is 6.92 Å². The summed E-state index contributed by atoms with van der Waals surface area (Å²) in [4.78, 5) is 8.63. The van der Waals surface area contributed by atoms with Crippen molar-refractivity contribution in [3.05, 3.63) is 23.8 Å². The number of aromatic nitrogens is 4. The Kier molecular flexibility index (Phi) is 3.99. The molecular formula is C13H19N5O. The van der Waals surface area contributed by atoms with Gasteiger partial charge in [0.25, 0.3) is 0 Å². The Labute approximate surface area is 112 Å². The first kappa shape index (κ1) is 13.3.